The van der Waals surface area contributed by atoms with E-state index < -0.39 is 11.6 Å². The van der Waals surface area contributed by atoms with Crippen LogP contribution in [0.1, 0.15) is 0 Å². The monoisotopic (exact) mass is 603 g/mol. The van der Waals surface area contributed by atoms with E-state index in [-0.39, 0.29) is 26.6 Å². The minimum atomic E-state index is -0.691. The van der Waals surface area contributed by atoms with Crippen molar-refractivity contribution in [3.63, 3.8) is 0 Å². The first kappa shape index (κ1) is 21.9. The minimum absolute atomic E-state index is 0. The number of para-hydroxylation sites is 2. The molecule has 0 N–H and O–H groups in total. The maximum atomic E-state index is 14.3. The van der Waals surface area contributed by atoms with E-state index in [1.807, 2.05) is 83.5 Å². The molecule has 1 aliphatic heterocycles. The van der Waals surface area contributed by atoms with Crippen LogP contribution in [0.15, 0.2) is 91.3 Å². The molecular weight excluding hydrogens is 587 g/mol. The van der Waals surface area contributed by atoms with Crippen molar-refractivity contribution in [1.29, 1.82) is 0 Å². The second kappa shape index (κ2) is 9.45. The molecule has 4 aromatic rings. The van der Waals surface area contributed by atoms with Gasteiger partial charge in [-0.1, -0.05) is 42.0 Å². The van der Waals surface area contributed by atoms with Crippen LogP contribution in [0.5, 0.6) is 0 Å². The van der Waals surface area contributed by atoms with Crippen LogP contribution in [0.2, 0.25) is 0 Å². The van der Waals surface area contributed by atoms with Gasteiger partial charge in [0.1, 0.15) is 0 Å². The van der Waals surface area contributed by atoms with E-state index in [4.69, 9.17) is 0 Å². The van der Waals surface area contributed by atoms with Crippen LogP contribution in [0.3, 0.4) is 0 Å². The molecule has 3 nitrogen and oxygen atoms in total. The van der Waals surface area contributed by atoms with E-state index in [0.29, 0.717) is 11.4 Å². The van der Waals surface area contributed by atoms with E-state index in [0.717, 1.165) is 29.1 Å². The fraction of sp³-hybridized carbons (Fsp3) is 0. The first-order valence-corrected chi connectivity index (χ1v) is 9.69. The molecule has 2 heterocycles. The third kappa shape index (κ3) is 4.35. The number of benzene rings is 3. The average molecular weight is 604 g/mol. The molecule has 0 amide bonds. The van der Waals surface area contributed by atoms with Gasteiger partial charge in [-0.25, -0.2) is 0 Å². The smallest absolute Gasteiger partial charge is 0.0615 e. The predicted molar refractivity (Wildman–Crippen MR) is 118 cm³/mol. The summed E-state index contributed by atoms with van der Waals surface area (Å²) in [6.07, 6.45) is 3.91. The molecule has 1 aromatic heterocycles. The molecule has 0 atom stereocenters. The topological polar surface area (TPSA) is 19.4 Å². The zero-order valence-corrected chi connectivity index (χ0v) is 18.9. The molecular formula is C26H16F2N3Pt-3. The van der Waals surface area contributed by atoms with E-state index in [9.17, 15) is 8.78 Å². The van der Waals surface area contributed by atoms with Gasteiger partial charge in [0, 0.05) is 44.0 Å². The molecule has 1 aliphatic rings. The number of rotatable bonds is 4. The Morgan fingerprint density at radius 3 is 2.41 bits per heavy atom. The molecule has 32 heavy (non-hydrogen) atoms. The van der Waals surface area contributed by atoms with Crippen molar-refractivity contribution < 1.29 is 29.8 Å². The molecule has 0 radical (unpaired) electrons. The largest absolute Gasteiger partial charge is 0.500 e. The number of aromatic nitrogens is 1. The van der Waals surface area contributed by atoms with Gasteiger partial charge in [0.2, 0.25) is 0 Å². The zero-order valence-electron chi connectivity index (χ0n) is 16.7. The van der Waals surface area contributed by atoms with Crippen molar-refractivity contribution in [2.24, 2.45) is 0 Å². The number of pyridine rings is 1. The summed E-state index contributed by atoms with van der Waals surface area (Å²) >= 11 is 0. The van der Waals surface area contributed by atoms with Crippen molar-refractivity contribution in [3.8, 4) is 22.5 Å². The van der Waals surface area contributed by atoms with Gasteiger partial charge in [0.05, 0.1) is 5.69 Å². The van der Waals surface area contributed by atoms with Crippen LogP contribution in [0.25, 0.3) is 22.5 Å². The summed E-state index contributed by atoms with van der Waals surface area (Å²) in [6.45, 7) is 1.96. The molecule has 0 unspecified atom stereocenters. The van der Waals surface area contributed by atoms with Crippen molar-refractivity contribution in [1.82, 2.24) is 4.98 Å². The van der Waals surface area contributed by atoms with Crippen LogP contribution in [-0.2, 0) is 21.1 Å². The number of hydrogen-bond acceptors (Lipinski definition) is 3. The SMILES string of the molecule is Fc1c[c-]c(-c2cccc(-c3ccccc3N3C=CN(c4[c-]cccc4)[CH-]3)n2)c(F)c1.[Pt]. The number of nitrogens with zero attached hydrogens (tertiary/aromatic N) is 3. The van der Waals surface area contributed by atoms with Crippen LogP contribution in [0.4, 0.5) is 20.2 Å². The van der Waals surface area contributed by atoms with E-state index >= 15 is 0 Å². The maximum absolute atomic E-state index is 14.3. The average Bonchev–Trinajstić information content (AvgIpc) is 3.30. The van der Waals surface area contributed by atoms with Gasteiger partial charge in [-0.3, -0.25) is 13.8 Å². The van der Waals surface area contributed by atoms with Crippen molar-refractivity contribution in [3.05, 3.63) is 122 Å². The summed E-state index contributed by atoms with van der Waals surface area (Å²) < 4.78 is 27.5. The third-order valence-electron chi connectivity index (χ3n) is 4.93. The molecule has 0 spiro atoms. The molecule has 0 fully saturated rings. The van der Waals surface area contributed by atoms with Gasteiger partial charge in [0.15, 0.2) is 0 Å². The predicted octanol–water partition coefficient (Wildman–Crippen LogP) is 6.21. The molecule has 3 aromatic carbocycles. The standard InChI is InChI=1S/C26H16F2N3.Pt/c27-19-13-14-21(23(28)17-19)24-10-6-11-25(29-24)22-9-4-5-12-26(22)31-16-15-30(18-31)20-7-2-1-3-8-20;/h1-7,9-13,15-18H;/q-3;. The van der Waals surface area contributed by atoms with Crippen LogP contribution in [0, 0.1) is 30.4 Å². The maximum Gasteiger partial charge on any atom is 0.0615 e. The third-order valence-corrected chi connectivity index (χ3v) is 4.93. The summed E-state index contributed by atoms with van der Waals surface area (Å²) in [4.78, 5) is 8.61. The molecule has 6 heteroatoms. The Morgan fingerprint density at radius 2 is 1.59 bits per heavy atom. The van der Waals surface area contributed by atoms with Crippen LogP contribution >= 0.6 is 0 Å². The van der Waals surface area contributed by atoms with Gasteiger partial charge in [-0.2, -0.15) is 30.3 Å². The van der Waals surface area contributed by atoms with E-state index in [1.165, 1.54) is 0 Å². The fourth-order valence-corrected chi connectivity index (χ4v) is 3.46. The van der Waals surface area contributed by atoms with Crippen LogP contribution in [-0.4, -0.2) is 4.98 Å². The Morgan fingerprint density at radius 1 is 0.812 bits per heavy atom. The Kier molecular flexibility index (Phi) is 6.47. The first-order chi connectivity index (χ1) is 15.2. The molecule has 0 saturated heterocycles. The molecule has 0 bridgehead atoms. The molecule has 162 valence electrons. The zero-order chi connectivity index (χ0) is 21.2. The summed E-state index contributed by atoms with van der Waals surface area (Å²) in [5.41, 5.74) is 3.94. The Bertz CT molecular complexity index is 1260. The van der Waals surface area contributed by atoms with Gasteiger partial charge < -0.3 is 9.80 Å². The normalized spacial score (nSPS) is 12.7. The van der Waals surface area contributed by atoms with Gasteiger partial charge in [0.25, 0.3) is 0 Å². The van der Waals surface area contributed by atoms with Gasteiger partial charge >= 0.3 is 0 Å². The Hall–Kier alpha value is -3.30. The summed E-state index contributed by atoms with van der Waals surface area (Å²) in [5, 5.41) is 0. The van der Waals surface area contributed by atoms with Crippen LogP contribution < -0.4 is 9.80 Å². The second-order valence-corrected chi connectivity index (χ2v) is 6.94. The minimum Gasteiger partial charge on any atom is -0.500 e. The van der Waals surface area contributed by atoms with E-state index in [2.05, 4.69) is 17.1 Å². The van der Waals surface area contributed by atoms with Crippen molar-refractivity contribution in [2.75, 3.05) is 9.80 Å². The summed E-state index contributed by atoms with van der Waals surface area (Å²) in [5.74, 6) is -1.36. The van der Waals surface area contributed by atoms with Crippen molar-refractivity contribution >= 4 is 11.4 Å². The first-order valence-electron chi connectivity index (χ1n) is 9.69. The van der Waals surface area contributed by atoms with Crippen molar-refractivity contribution in [2.45, 2.75) is 0 Å². The quantitative estimate of drug-likeness (QED) is 0.259. The molecule has 5 rings (SSSR count). The Balaban J connectivity index is 0.00000245. The fourth-order valence-electron chi connectivity index (χ4n) is 3.46. The van der Waals surface area contributed by atoms with Gasteiger partial charge in [-0.05, 0) is 30.2 Å². The number of hydrogen-bond donors (Lipinski definition) is 0. The summed E-state index contributed by atoms with van der Waals surface area (Å²) in [6, 6.07) is 28.7. The Labute approximate surface area is 199 Å². The van der Waals surface area contributed by atoms with E-state index in [1.54, 1.807) is 12.1 Å². The molecule has 0 aliphatic carbocycles. The second-order valence-electron chi connectivity index (χ2n) is 6.94. The summed E-state index contributed by atoms with van der Waals surface area (Å²) in [7, 11) is 0. The van der Waals surface area contributed by atoms with Gasteiger partial charge in [-0.15, -0.1) is 24.5 Å². The molecule has 0 saturated carbocycles. The number of anilines is 2. The number of halogens is 2.